The number of ether oxygens (including phenoxy) is 2. The number of benzene rings is 1. The number of fused-ring (bicyclic) bond motifs is 1. The van der Waals surface area contributed by atoms with Crippen LogP contribution in [0, 0.1) is 0 Å². The molecule has 12 nitrogen and oxygen atoms in total. The van der Waals surface area contributed by atoms with Crippen LogP contribution in [0.5, 0.6) is 5.75 Å². The Hall–Kier alpha value is -3.38. The fourth-order valence-electron chi connectivity index (χ4n) is 2.89. The third-order valence-corrected chi connectivity index (χ3v) is 4.80. The first-order chi connectivity index (χ1) is 15.5. The Morgan fingerprint density at radius 1 is 1.12 bits per heavy atom. The molecule has 2 rings (SSSR count). The normalized spacial score (nSPS) is 15.6. The van der Waals surface area contributed by atoms with Crippen LogP contribution in [-0.4, -0.2) is 88.3 Å². The first-order valence-electron chi connectivity index (χ1n) is 10.3. The van der Waals surface area contributed by atoms with Crippen molar-refractivity contribution in [2.24, 2.45) is 0 Å². The van der Waals surface area contributed by atoms with Crippen molar-refractivity contribution in [3.63, 3.8) is 0 Å². The smallest absolute Gasteiger partial charge is 0.414 e. The van der Waals surface area contributed by atoms with Crippen LogP contribution in [0.3, 0.4) is 0 Å². The maximum atomic E-state index is 12.0. The van der Waals surface area contributed by atoms with Gasteiger partial charge in [0.05, 0.1) is 6.61 Å². The first kappa shape index (κ1) is 27.7. The Morgan fingerprint density at radius 3 is 2.24 bits per heavy atom. The molecule has 0 aromatic heterocycles. The first-order valence-corrected chi connectivity index (χ1v) is 10.3. The fraction of sp³-hybridized carbons (Fsp3) is 0.524. The molecule has 1 aromatic rings. The number of carboxylic acids is 2. The zero-order valence-electron chi connectivity index (χ0n) is 18.7. The van der Waals surface area contributed by atoms with Crippen LogP contribution < -0.4 is 10.1 Å². The predicted octanol–water partition coefficient (Wildman–Crippen LogP) is 0.867. The summed E-state index contributed by atoms with van der Waals surface area (Å²) in [6, 6.07) is 5.61. The van der Waals surface area contributed by atoms with Crippen LogP contribution in [0.2, 0.25) is 0 Å². The van der Waals surface area contributed by atoms with E-state index in [1.54, 1.807) is 20.0 Å². The van der Waals surface area contributed by atoms with E-state index in [-0.39, 0.29) is 18.0 Å². The van der Waals surface area contributed by atoms with Gasteiger partial charge in [0.15, 0.2) is 12.2 Å². The highest BCUT2D eigenvalue weighted by Gasteiger charge is 2.29. The lowest BCUT2D eigenvalue weighted by atomic mass is 9.95. The number of aliphatic carboxylic acids is 2. The zero-order valence-corrected chi connectivity index (χ0v) is 18.7. The molecule has 0 radical (unpaired) electrons. The number of anilines is 1. The number of carbonyl (C=O) groups excluding carboxylic acids is 2. The number of hydrogen-bond donors (Lipinski definition) is 5. The highest BCUT2D eigenvalue weighted by molar-refractivity contribution is 5.83. The van der Waals surface area contributed by atoms with Crippen molar-refractivity contribution in [3.8, 4) is 5.75 Å². The largest absolute Gasteiger partial charge is 0.479 e. The van der Waals surface area contributed by atoms with Crippen molar-refractivity contribution in [1.82, 2.24) is 4.90 Å². The van der Waals surface area contributed by atoms with Crippen LogP contribution >= 0.6 is 0 Å². The highest BCUT2D eigenvalue weighted by Crippen LogP contribution is 2.41. The molecule has 0 fully saturated rings. The van der Waals surface area contributed by atoms with E-state index in [9.17, 15) is 19.2 Å². The molecule has 12 heteroatoms. The molecule has 0 spiro atoms. The maximum Gasteiger partial charge on any atom is 0.414 e. The lowest BCUT2D eigenvalue weighted by Gasteiger charge is -2.18. The lowest BCUT2D eigenvalue weighted by molar-refractivity contribution is -0.165. The van der Waals surface area contributed by atoms with Gasteiger partial charge in [-0.2, -0.15) is 0 Å². The average molecular weight is 470 g/mol. The van der Waals surface area contributed by atoms with E-state index in [0.717, 1.165) is 17.8 Å². The molecule has 0 saturated heterocycles. The van der Waals surface area contributed by atoms with Crippen molar-refractivity contribution >= 4 is 29.7 Å². The van der Waals surface area contributed by atoms with Gasteiger partial charge in [-0.15, -0.1) is 0 Å². The molecule has 33 heavy (non-hydrogen) atoms. The standard InChI is InChI=1S/C17H24N2O4.C4H6O6/c1-4-19(3)17(21)23-14-8-6-7-13-16(14)12(11-18-13)9-10-15(20)22-5-2;5-1(3(7)8)2(6)4(9)10/h6-8,12,18H,4-5,9-11H2,1-3H3;1-2,5-6H,(H,7,8)(H,9,10). The Bertz CT molecular complexity index is 826. The van der Waals surface area contributed by atoms with Gasteiger partial charge in [0.25, 0.3) is 0 Å². The molecule has 1 aliphatic heterocycles. The van der Waals surface area contributed by atoms with Gasteiger partial charge in [0, 0.05) is 43.7 Å². The summed E-state index contributed by atoms with van der Waals surface area (Å²) in [4.78, 5) is 44.6. The van der Waals surface area contributed by atoms with Gasteiger partial charge in [-0.05, 0) is 32.4 Å². The zero-order chi connectivity index (χ0) is 25.1. The molecule has 0 bridgehead atoms. The van der Waals surface area contributed by atoms with E-state index in [1.807, 2.05) is 19.1 Å². The number of nitrogens with zero attached hydrogens (tertiary/aromatic N) is 1. The Labute approximate surface area is 190 Å². The van der Waals surface area contributed by atoms with Crippen LogP contribution in [0.4, 0.5) is 10.5 Å². The van der Waals surface area contributed by atoms with Gasteiger partial charge >= 0.3 is 24.0 Å². The Kier molecular flexibility index (Phi) is 11.1. The van der Waals surface area contributed by atoms with Gasteiger partial charge < -0.3 is 40.1 Å². The van der Waals surface area contributed by atoms with Gasteiger partial charge in [-0.1, -0.05) is 6.07 Å². The van der Waals surface area contributed by atoms with E-state index in [1.165, 1.54) is 4.90 Å². The molecular weight excluding hydrogens is 440 g/mol. The van der Waals surface area contributed by atoms with Crippen LogP contribution in [0.15, 0.2) is 18.2 Å². The highest BCUT2D eigenvalue weighted by atomic mass is 16.6. The number of amides is 1. The Morgan fingerprint density at radius 2 is 1.73 bits per heavy atom. The number of hydrogen-bond acceptors (Lipinski definition) is 9. The minimum absolute atomic E-state index is 0.130. The second kappa shape index (κ2) is 13.2. The third-order valence-electron chi connectivity index (χ3n) is 4.80. The topological polar surface area (TPSA) is 183 Å². The van der Waals surface area contributed by atoms with Gasteiger partial charge in [0.2, 0.25) is 0 Å². The van der Waals surface area contributed by atoms with E-state index in [2.05, 4.69) is 5.32 Å². The van der Waals surface area contributed by atoms with Crippen molar-refractivity contribution in [1.29, 1.82) is 0 Å². The molecule has 1 aliphatic rings. The van der Waals surface area contributed by atoms with Gasteiger partial charge in [0.1, 0.15) is 5.75 Å². The number of carboxylic acid groups (broad SMARTS) is 2. The number of carbonyl (C=O) groups is 4. The minimum Gasteiger partial charge on any atom is -0.479 e. The molecule has 3 atom stereocenters. The molecule has 1 amide bonds. The molecule has 1 aromatic carbocycles. The molecule has 0 saturated carbocycles. The number of aliphatic hydroxyl groups excluding tert-OH is 2. The molecule has 184 valence electrons. The van der Waals surface area contributed by atoms with Gasteiger partial charge in [-0.3, -0.25) is 4.79 Å². The van der Waals surface area contributed by atoms with Crippen molar-refractivity contribution in [2.45, 2.75) is 44.8 Å². The third kappa shape index (κ3) is 8.24. The number of rotatable bonds is 9. The average Bonchev–Trinajstić information content (AvgIpc) is 3.20. The summed E-state index contributed by atoms with van der Waals surface area (Å²) >= 11 is 0. The van der Waals surface area contributed by atoms with E-state index < -0.39 is 24.1 Å². The quantitative estimate of drug-likeness (QED) is 0.323. The second-order valence-corrected chi connectivity index (χ2v) is 7.09. The summed E-state index contributed by atoms with van der Waals surface area (Å²) in [5.74, 6) is -3.04. The minimum atomic E-state index is -2.27. The Balaban J connectivity index is 0.000000461. The summed E-state index contributed by atoms with van der Waals surface area (Å²) in [5.41, 5.74) is 1.93. The van der Waals surface area contributed by atoms with E-state index >= 15 is 0 Å². The van der Waals surface area contributed by atoms with Crippen LogP contribution in [0.1, 0.15) is 38.2 Å². The fourth-order valence-corrected chi connectivity index (χ4v) is 2.89. The maximum absolute atomic E-state index is 12.0. The molecular formula is C21H30N2O10. The van der Waals surface area contributed by atoms with E-state index in [0.29, 0.717) is 31.7 Å². The summed E-state index contributed by atoms with van der Waals surface area (Å²) < 4.78 is 10.5. The summed E-state index contributed by atoms with van der Waals surface area (Å²) in [6.45, 7) is 5.39. The van der Waals surface area contributed by atoms with Crippen LogP contribution in [-0.2, 0) is 19.1 Å². The summed E-state index contributed by atoms with van der Waals surface area (Å²) in [5, 5.41) is 35.8. The van der Waals surface area contributed by atoms with Crippen molar-refractivity contribution in [3.05, 3.63) is 23.8 Å². The predicted molar refractivity (Wildman–Crippen MR) is 115 cm³/mol. The SMILES string of the molecule is CCOC(=O)CCC1CNc2cccc(OC(=O)N(C)CC)c21.O=C(O)C(O)C(O)C(=O)O. The van der Waals surface area contributed by atoms with Crippen molar-refractivity contribution in [2.75, 3.05) is 32.1 Å². The second-order valence-electron chi connectivity index (χ2n) is 7.09. The monoisotopic (exact) mass is 470 g/mol. The molecule has 0 aliphatic carbocycles. The number of aliphatic hydroxyl groups is 2. The molecule has 3 unspecified atom stereocenters. The lowest BCUT2D eigenvalue weighted by Crippen LogP contribution is -2.39. The molecule has 1 heterocycles. The number of esters is 1. The summed E-state index contributed by atoms with van der Waals surface area (Å²) in [7, 11) is 1.70. The van der Waals surface area contributed by atoms with Crippen LogP contribution in [0.25, 0.3) is 0 Å². The van der Waals surface area contributed by atoms with E-state index in [4.69, 9.17) is 29.9 Å². The molecule has 5 N–H and O–H groups in total. The van der Waals surface area contributed by atoms with Gasteiger partial charge in [-0.25, -0.2) is 14.4 Å². The number of nitrogens with one attached hydrogen (secondary N) is 1. The summed E-state index contributed by atoms with van der Waals surface area (Å²) in [6.07, 6.45) is -3.89. The van der Waals surface area contributed by atoms with Crippen molar-refractivity contribution < 1.29 is 49.1 Å².